The first-order valence-electron chi connectivity index (χ1n) is 4.94. The summed E-state index contributed by atoms with van der Waals surface area (Å²) < 4.78 is 14.6. The van der Waals surface area contributed by atoms with E-state index in [1.165, 1.54) is 29.5 Å². The van der Waals surface area contributed by atoms with Gasteiger partial charge in [-0.15, -0.1) is 11.3 Å². The van der Waals surface area contributed by atoms with E-state index in [2.05, 4.69) is 9.97 Å². The Morgan fingerprint density at radius 1 is 1.24 bits per heavy atom. The van der Waals surface area contributed by atoms with Crippen LogP contribution in [0.1, 0.15) is 0 Å². The molecule has 0 aliphatic carbocycles. The van der Waals surface area contributed by atoms with Crippen molar-refractivity contribution in [2.24, 2.45) is 0 Å². The number of fused-ring (bicyclic) bond motifs is 1. The van der Waals surface area contributed by atoms with Gasteiger partial charge in [-0.05, 0) is 18.2 Å². The largest absolute Gasteiger partial charge is 0.507 e. The van der Waals surface area contributed by atoms with Gasteiger partial charge in [0.05, 0.1) is 16.5 Å². The molecule has 17 heavy (non-hydrogen) atoms. The molecule has 0 radical (unpaired) electrons. The lowest BCUT2D eigenvalue weighted by Crippen LogP contribution is -1.83. The zero-order valence-electron chi connectivity index (χ0n) is 8.59. The Morgan fingerprint density at radius 3 is 2.88 bits per heavy atom. The maximum absolute atomic E-state index is 13.7. The Bertz CT molecular complexity index is 643. The molecule has 3 nitrogen and oxygen atoms in total. The van der Waals surface area contributed by atoms with Gasteiger partial charge in [-0.1, -0.05) is 6.07 Å². The fraction of sp³-hybridized carbons (Fsp3) is 0. The molecule has 0 saturated heterocycles. The number of hydrogen-bond donors (Lipinski definition) is 1. The van der Waals surface area contributed by atoms with E-state index in [-0.39, 0.29) is 11.3 Å². The van der Waals surface area contributed by atoms with Crippen LogP contribution in [0.3, 0.4) is 0 Å². The van der Waals surface area contributed by atoms with Gasteiger partial charge >= 0.3 is 0 Å². The summed E-state index contributed by atoms with van der Waals surface area (Å²) >= 11 is 1.33. The third kappa shape index (κ3) is 1.64. The highest BCUT2D eigenvalue weighted by Gasteiger charge is 2.14. The summed E-state index contributed by atoms with van der Waals surface area (Å²) in [6.07, 6.45) is 3.28. The van der Waals surface area contributed by atoms with Gasteiger partial charge in [0.15, 0.2) is 0 Å². The van der Waals surface area contributed by atoms with Gasteiger partial charge in [0, 0.05) is 6.20 Å². The van der Waals surface area contributed by atoms with E-state index < -0.39 is 5.82 Å². The molecule has 5 heteroatoms. The lowest BCUT2D eigenvalue weighted by molar-refractivity contribution is 0.472. The molecule has 0 aliphatic rings. The second-order valence-corrected chi connectivity index (χ2v) is 4.53. The van der Waals surface area contributed by atoms with Gasteiger partial charge in [0.2, 0.25) is 0 Å². The van der Waals surface area contributed by atoms with Crippen LogP contribution < -0.4 is 0 Å². The minimum atomic E-state index is -0.475. The van der Waals surface area contributed by atoms with Gasteiger partial charge in [-0.2, -0.15) is 0 Å². The fourth-order valence-electron chi connectivity index (χ4n) is 1.61. The van der Waals surface area contributed by atoms with Crippen molar-refractivity contribution in [2.75, 3.05) is 0 Å². The number of hydrogen-bond acceptors (Lipinski definition) is 4. The van der Waals surface area contributed by atoms with Crippen LogP contribution in [0.25, 0.3) is 20.8 Å². The van der Waals surface area contributed by atoms with E-state index in [1.807, 2.05) is 6.07 Å². The lowest BCUT2D eigenvalue weighted by atomic mass is 10.2. The van der Waals surface area contributed by atoms with E-state index in [4.69, 9.17) is 0 Å². The Balaban J connectivity index is 2.27. The Hall–Kier alpha value is -2.01. The maximum atomic E-state index is 13.7. The van der Waals surface area contributed by atoms with Crippen molar-refractivity contribution in [3.05, 3.63) is 42.5 Å². The lowest BCUT2D eigenvalue weighted by Gasteiger charge is -2.01. The van der Waals surface area contributed by atoms with E-state index in [0.29, 0.717) is 10.5 Å². The summed E-state index contributed by atoms with van der Waals surface area (Å²) in [6, 6.07) is 6.03. The highest BCUT2D eigenvalue weighted by molar-refractivity contribution is 7.21. The van der Waals surface area contributed by atoms with E-state index >= 15 is 0 Å². The number of halogens is 1. The molecule has 0 aliphatic heterocycles. The SMILES string of the molecule is Oc1cccc(F)c1-c1nc2cnccc2s1. The second-order valence-electron chi connectivity index (χ2n) is 3.50. The first-order valence-corrected chi connectivity index (χ1v) is 5.76. The number of aromatic hydroxyl groups is 1. The van der Waals surface area contributed by atoms with Crippen LogP contribution in [0.2, 0.25) is 0 Å². The van der Waals surface area contributed by atoms with Gasteiger partial charge in [0.25, 0.3) is 0 Å². The molecule has 0 spiro atoms. The Kier molecular flexibility index (Phi) is 2.26. The summed E-state index contributed by atoms with van der Waals surface area (Å²) in [7, 11) is 0. The maximum Gasteiger partial charge on any atom is 0.137 e. The van der Waals surface area contributed by atoms with Crippen LogP contribution in [0.5, 0.6) is 5.75 Å². The van der Waals surface area contributed by atoms with Crippen LogP contribution in [-0.4, -0.2) is 15.1 Å². The minimum absolute atomic E-state index is 0.1000. The van der Waals surface area contributed by atoms with Crippen LogP contribution in [0.15, 0.2) is 36.7 Å². The van der Waals surface area contributed by atoms with Crippen molar-refractivity contribution in [2.45, 2.75) is 0 Å². The average Bonchev–Trinajstić information content (AvgIpc) is 2.71. The van der Waals surface area contributed by atoms with Crippen molar-refractivity contribution >= 4 is 21.6 Å². The minimum Gasteiger partial charge on any atom is -0.507 e. The van der Waals surface area contributed by atoms with E-state index in [0.717, 1.165) is 4.70 Å². The number of phenolic OH excluding ortho intramolecular Hbond substituents is 1. The zero-order valence-corrected chi connectivity index (χ0v) is 9.41. The molecule has 2 aromatic heterocycles. The molecule has 0 atom stereocenters. The third-order valence-electron chi connectivity index (χ3n) is 2.40. The van der Waals surface area contributed by atoms with Crippen molar-refractivity contribution in [1.82, 2.24) is 9.97 Å². The van der Waals surface area contributed by atoms with Crippen LogP contribution in [0, 0.1) is 5.82 Å². The molecule has 1 aromatic carbocycles. The second kappa shape index (κ2) is 3.78. The number of pyridine rings is 1. The monoisotopic (exact) mass is 246 g/mol. The van der Waals surface area contributed by atoms with Crippen molar-refractivity contribution in [3.63, 3.8) is 0 Å². The first-order chi connectivity index (χ1) is 8.25. The van der Waals surface area contributed by atoms with E-state index in [9.17, 15) is 9.50 Å². The molecular weight excluding hydrogens is 239 g/mol. The Morgan fingerprint density at radius 2 is 2.12 bits per heavy atom. The topological polar surface area (TPSA) is 46.0 Å². The molecule has 84 valence electrons. The summed E-state index contributed by atoms with van der Waals surface area (Å²) in [5, 5.41) is 10.1. The number of nitrogens with zero attached hydrogens (tertiary/aromatic N) is 2. The number of rotatable bonds is 1. The summed E-state index contributed by atoms with van der Waals surface area (Å²) in [4.78, 5) is 8.21. The zero-order chi connectivity index (χ0) is 11.8. The molecule has 0 amide bonds. The number of aromatic nitrogens is 2. The standard InChI is InChI=1S/C12H7FN2OS/c13-7-2-1-3-9(16)11(7)12-15-8-6-14-5-4-10(8)17-12/h1-6,16H. The summed E-state index contributed by atoms with van der Waals surface area (Å²) in [6.45, 7) is 0. The predicted molar refractivity (Wildman–Crippen MR) is 64.5 cm³/mol. The highest BCUT2D eigenvalue weighted by Crippen LogP contribution is 2.36. The van der Waals surface area contributed by atoms with Gasteiger partial charge in [0.1, 0.15) is 22.1 Å². The number of thiazole rings is 1. The summed E-state index contributed by atoms with van der Waals surface area (Å²) in [5.74, 6) is -0.575. The Labute approximate surface area is 100 Å². The smallest absolute Gasteiger partial charge is 0.137 e. The molecule has 0 bridgehead atoms. The fourth-order valence-corrected chi connectivity index (χ4v) is 2.60. The van der Waals surface area contributed by atoms with Gasteiger partial charge < -0.3 is 5.11 Å². The van der Waals surface area contributed by atoms with Crippen molar-refractivity contribution < 1.29 is 9.50 Å². The van der Waals surface area contributed by atoms with Crippen molar-refractivity contribution in [3.8, 4) is 16.3 Å². The molecule has 3 aromatic rings. The quantitative estimate of drug-likeness (QED) is 0.717. The average molecular weight is 246 g/mol. The molecule has 0 unspecified atom stereocenters. The normalized spacial score (nSPS) is 10.9. The third-order valence-corrected chi connectivity index (χ3v) is 3.45. The van der Waals surface area contributed by atoms with E-state index in [1.54, 1.807) is 12.4 Å². The summed E-state index contributed by atoms with van der Waals surface area (Å²) in [5.41, 5.74) is 0.851. The molecular formula is C12H7FN2OS. The molecule has 0 fully saturated rings. The van der Waals surface area contributed by atoms with Crippen LogP contribution in [-0.2, 0) is 0 Å². The highest BCUT2D eigenvalue weighted by atomic mass is 32.1. The number of benzene rings is 1. The van der Waals surface area contributed by atoms with Gasteiger partial charge in [-0.3, -0.25) is 4.98 Å². The number of phenols is 1. The van der Waals surface area contributed by atoms with Crippen LogP contribution >= 0.6 is 11.3 Å². The van der Waals surface area contributed by atoms with Crippen molar-refractivity contribution in [1.29, 1.82) is 0 Å². The molecule has 3 rings (SSSR count). The first kappa shape index (κ1) is 10.2. The van der Waals surface area contributed by atoms with Gasteiger partial charge in [-0.25, -0.2) is 9.37 Å². The van der Waals surface area contributed by atoms with Crippen LogP contribution in [0.4, 0.5) is 4.39 Å². The molecule has 1 N–H and O–H groups in total. The molecule has 2 heterocycles. The predicted octanol–water partition coefficient (Wildman–Crippen LogP) is 3.20. The molecule has 0 saturated carbocycles.